The van der Waals surface area contributed by atoms with Gasteiger partial charge in [0.05, 0.1) is 22.5 Å². The van der Waals surface area contributed by atoms with E-state index in [4.69, 9.17) is 16.6 Å². The van der Waals surface area contributed by atoms with Crippen LogP contribution in [0, 0.1) is 12.8 Å². The van der Waals surface area contributed by atoms with E-state index in [2.05, 4.69) is 0 Å². The van der Waals surface area contributed by atoms with E-state index in [0.717, 1.165) is 23.2 Å². The van der Waals surface area contributed by atoms with Gasteiger partial charge < -0.3 is 10.0 Å². The van der Waals surface area contributed by atoms with Crippen molar-refractivity contribution >= 4 is 34.6 Å². The number of aryl methyl sites for hydroxylation is 1. The van der Waals surface area contributed by atoms with Crippen LogP contribution in [-0.4, -0.2) is 33.7 Å². The third-order valence-corrected chi connectivity index (χ3v) is 5.90. The molecule has 4 rings (SSSR count). The van der Waals surface area contributed by atoms with Crippen LogP contribution in [0.4, 0.5) is 19.1 Å². The lowest BCUT2D eigenvalue weighted by Crippen LogP contribution is -2.37. The first-order valence-corrected chi connectivity index (χ1v) is 9.87. The Bertz CT molecular complexity index is 1100. The predicted molar refractivity (Wildman–Crippen MR) is 108 cm³/mol. The topological polar surface area (TPSA) is 58.4 Å². The van der Waals surface area contributed by atoms with E-state index < -0.39 is 23.6 Å². The highest BCUT2D eigenvalue weighted by molar-refractivity contribution is 6.32. The number of piperidine rings is 1. The SMILES string of the molecule is Cc1cc2c(cc1Cl)nc(N1CCC(C(=O)O)CC1)n2-c1ccc(C(F)(F)F)cc1. The van der Waals surface area contributed by atoms with Crippen LogP contribution in [0.5, 0.6) is 0 Å². The lowest BCUT2D eigenvalue weighted by atomic mass is 9.97. The molecule has 1 N–H and O–H groups in total. The van der Waals surface area contributed by atoms with Crippen molar-refractivity contribution in [3.05, 3.63) is 52.5 Å². The highest BCUT2D eigenvalue weighted by atomic mass is 35.5. The predicted octanol–water partition coefficient (Wildman–Crippen LogP) is 5.31. The summed E-state index contributed by atoms with van der Waals surface area (Å²) in [6.45, 7) is 2.84. The Hall–Kier alpha value is -2.74. The zero-order chi connectivity index (χ0) is 21.6. The maximum atomic E-state index is 13.0. The molecule has 1 fully saturated rings. The highest BCUT2D eigenvalue weighted by Crippen LogP contribution is 2.34. The second-order valence-electron chi connectivity index (χ2n) is 7.48. The number of rotatable bonds is 3. The smallest absolute Gasteiger partial charge is 0.416 e. The highest BCUT2D eigenvalue weighted by Gasteiger charge is 2.31. The second kappa shape index (κ2) is 7.50. The van der Waals surface area contributed by atoms with Crippen LogP contribution in [0.1, 0.15) is 24.0 Å². The number of alkyl halides is 3. The van der Waals surface area contributed by atoms with Gasteiger partial charge in [-0.3, -0.25) is 9.36 Å². The Labute approximate surface area is 175 Å². The third kappa shape index (κ3) is 3.71. The molecular formula is C21H19ClF3N3O2. The number of halogens is 4. The summed E-state index contributed by atoms with van der Waals surface area (Å²) in [5.41, 5.74) is 2.00. The number of aromatic nitrogens is 2. The van der Waals surface area contributed by atoms with E-state index >= 15 is 0 Å². The first-order chi connectivity index (χ1) is 14.1. The molecule has 5 nitrogen and oxygen atoms in total. The normalized spacial score (nSPS) is 15.7. The second-order valence-corrected chi connectivity index (χ2v) is 7.89. The van der Waals surface area contributed by atoms with Gasteiger partial charge in [-0.15, -0.1) is 0 Å². The molecule has 0 unspecified atom stereocenters. The minimum atomic E-state index is -4.42. The Balaban J connectivity index is 1.81. The number of carboxylic acid groups (broad SMARTS) is 1. The number of carboxylic acids is 1. The zero-order valence-corrected chi connectivity index (χ0v) is 16.8. The number of hydrogen-bond donors (Lipinski definition) is 1. The van der Waals surface area contributed by atoms with Gasteiger partial charge in [-0.25, -0.2) is 4.98 Å². The molecule has 1 aromatic heterocycles. The zero-order valence-electron chi connectivity index (χ0n) is 16.1. The van der Waals surface area contributed by atoms with Crippen molar-refractivity contribution in [2.75, 3.05) is 18.0 Å². The molecule has 2 heterocycles. The fourth-order valence-corrected chi connectivity index (χ4v) is 3.94. The molecule has 3 aromatic rings. The molecule has 0 amide bonds. The van der Waals surface area contributed by atoms with E-state index in [1.807, 2.05) is 17.9 Å². The van der Waals surface area contributed by atoms with Crippen LogP contribution >= 0.6 is 11.6 Å². The molecule has 1 saturated heterocycles. The molecule has 0 aliphatic carbocycles. The summed E-state index contributed by atoms with van der Waals surface area (Å²) in [5, 5.41) is 9.80. The summed E-state index contributed by atoms with van der Waals surface area (Å²) in [6.07, 6.45) is -3.46. The fourth-order valence-electron chi connectivity index (χ4n) is 3.78. The minimum Gasteiger partial charge on any atom is -0.481 e. The van der Waals surface area contributed by atoms with Crippen molar-refractivity contribution in [2.24, 2.45) is 5.92 Å². The summed E-state index contributed by atoms with van der Waals surface area (Å²) < 4.78 is 40.8. The van der Waals surface area contributed by atoms with E-state index in [1.165, 1.54) is 12.1 Å². The van der Waals surface area contributed by atoms with Gasteiger partial charge in [-0.2, -0.15) is 13.2 Å². The van der Waals surface area contributed by atoms with Gasteiger partial charge in [0.1, 0.15) is 0 Å². The first kappa shape index (κ1) is 20.5. The molecule has 30 heavy (non-hydrogen) atoms. The monoisotopic (exact) mass is 437 g/mol. The summed E-state index contributed by atoms with van der Waals surface area (Å²) in [4.78, 5) is 17.9. The maximum absolute atomic E-state index is 13.0. The van der Waals surface area contributed by atoms with E-state index in [1.54, 1.807) is 10.6 Å². The number of anilines is 1. The quantitative estimate of drug-likeness (QED) is 0.603. The van der Waals surface area contributed by atoms with Crippen LogP contribution in [0.15, 0.2) is 36.4 Å². The molecule has 158 valence electrons. The van der Waals surface area contributed by atoms with Gasteiger partial charge in [-0.05, 0) is 61.7 Å². The number of hydrogen-bond acceptors (Lipinski definition) is 3. The van der Waals surface area contributed by atoms with Crippen molar-refractivity contribution < 1.29 is 23.1 Å². The Kier molecular flexibility index (Phi) is 5.13. The average Bonchev–Trinajstić information content (AvgIpc) is 3.06. The molecule has 9 heteroatoms. The summed E-state index contributed by atoms with van der Waals surface area (Å²) in [7, 11) is 0. The minimum absolute atomic E-state index is 0.401. The lowest BCUT2D eigenvalue weighted by molar-refractivity contribution is -0.142. The molecule has 0 bridgehead atoms. The summed E-state index contributed by atoms with van der Waals surface area (Å²) in [5.74, 6) is -0.648. The number of benzene rings is 2. The Morgan fingerprint density at radius 3 is 2.37 bits per heavy atom. The van der Waals surface area contributed by atoms with Gasteiger partial charge in [0.15, 0.2) is 0 Å². The summed E-state index contributed by atoms with van der Waals surface area (Å²) >= 11 is 6.25. The molecule has 2 aromatic carbocycles. The lowest BCUT2D eigenvalue weighted by Gasteiger charge is -2.31. The standard InChI is InChI=1S/C21H19ClF3N3O2/c1-12-10-18-17(11-16(12)22)26-20(27-8-6-13(7-9-27)19(29)30)28(18)15-4-2-14(3-5-15)21(23,24)25/h2-5,10-11,13H,6-9H2,1H3,(H,29,30). The van der Waals surface area contributed by atoms with Crippen molar-refractivity contribution in [2.45, 2.75) is 25.9 Å². The van der Waals surface area contributed by atoms with Crippen molar-refractivity contribution in [3.63, 3.8) is 0 Å². The molecule has 0 radical (unpaired) electrons. The maximum Gasteiger partial charge on any atom is 0.416 e. The number of aliphatic carboxylic acids is 1. The van der Waals surface area contributed by atoms with Crippen molar-refractivity contribution in [1.29, 1.82) is 0 Å². The van der Waals surface area contributed by atoms with Gasteiger partial charge >= 0.3 is 12.1 Å². The van der Waals surface area contributed by atoms with E-state index in [-0.39, 0.29) is 0 Å². The van der Waals surface area contributed by atoms with Gasteiger partial charge in [0.2, 0.25) is 5.95 Å². The van der Waals surface area contributed by atoms with Crippen LogP contribution < -0.4 is 4.90 Å². The number of imidazole rings is 1. The van der Waals surface area contributed by atoms with Crippen molar-refractivity contribution in [1.82, 2.24) is 9.55 Å². The van der Waals surface area contributed by atoms with Gasteiger partial charge in [0, 0.05) is 23.8 Å². The molecule has 0 atom stereocenters. The molecule has 1 aliphatic heterocycles. The average molecular weight is 438 g/mol. The number of nitrogens with zero attached hydrogens (tertiary/aromatic N) is 3. The Morgan fingerprint density at radius 2 is 1.80 bits per heavy atom. The number of fused-ring (bicyclic) bond motifs is 1. The van der Waals surface area contributed by atoms with E-state index in [9.17, 15) is 23.1 Å². The van der Waals surface area contributed by atoms with Crippen LogP contribution in [0.25, 0.3) is 16.7 Å². The van der Waals surface area contributed by atoms with Crippen LogP contribution in [-0.2, 0) is 11.0 Å². The molecule has 1 aliphatic rings. The summed E-state index contributed by atoms with van der Waals surface area (Å²) in [6, 6.07) is 8.52. The van der Waals surface area contributed by atoms with Gasteiger partial charge in [0.25, 0.3) is 0 Å². The third-order valence-electron chi connectivity index (χ3n) is 5.50. The Morgan fingerprint density at radius 1 is 1.17 bits per heavy atom. The van der Waals surface area contributed by atoms with Gasteiger partial charge in [-0.1, -0.05) is 11.6 Å². The molecule has 0 saturated carbocycles. The largest absolute Gasteiger partial charge is 0.481 e. The van der Waals surface area contributed by atoms with Crippen molar-refractivity contribution in [3.8, 4) is 5.69 Å². The fraction of sp³-hybridized carbons (Fsp3) is 0.333. The van der Waals surface area contributed by atoms with Crippen LogP contribution in [0.3, 0.4) is 0 Å². The van der Waals surface area contributed by atoms with Crippen LogP contribution in [0.2, 0.25) is 5.02 Å². The molecule has 0 spiro atoms. The number of carbonyl (C=O) groups is 1. The molecular weight excluding hydrogens is 419 g/mol. The van der Waals surface area contributed by atoms with E-state index in [0.29, 0.717) is 48.1 Å². The first-order valence-electron chi connectivity index (χ1n) is 9.49.